The van der Waals surface area contributed by atoms with E-state index in [1.807, 2.05) is 61.5 Å². The first-order valence-electron chi connectivity index (χ1n) is 7.77. The van der Waals surface area contributed by atoms with Gasteiger partial charge in [-0.05, 0) is 31.0 Å². The minimum Gasteiger partial charge on any atom is -0.460 e. The van der Waals surface area contributed by atoms with Crippen molar-refractivity contribution in [3.8, 4) is 0 Å². The molecule has 3 rings (SSSR count). The molecule has 1 heterocycles. The van der Waals surface area contributed by atoms with Crippen LogP contribution in [0, 0.1) is 6.92 Å². The highest BCUT2D eigenvalue weighted by molar-refractivity contribution is 5.82. The van der Waals surface area contributed by atoms with Gasteiger partial charge in [-0.3, -0.25) is 4.79 Å². The van der Waals surface area contributed by atoms with Crippen molar-refractivity contribution in [3.63, 3.8) is 0 Å². The summed E-state index contributed by atoms with van der Waals surface area (Å²) >= 11 is 0. The molecule has 1 aliphatic heterocycles. The third kappa shape index (κ3) is 3.37. The average molecular weight is 295 g/mol. The number of carbonyl (C=O) groups excluding carboxylic acids is 1. The Morgan fingerprint density at radius 3 is 2.41 bits per heavy atom. The van der Waals surface area contributed by atoms with Gasteiger partial charge in [0.2, 0.25) is 0 Å². The lowest BCUT2D eigenvalue weighted by Crippen LogP contribution is -2.25. The van der Waals surface area contributed by atoms with Crippen LogP contribution in [0.2, 0.25) is 0 Å². The first kappa shape index (κ1) is 14.8. The summed E-state index contributed by atoms with van der Waals surface area (Å²) in [6, 6.07) is 18.0. The van der Waals surface area contributed by atoms with Crippen LogP contribution in [0.4, 0.5) is 0 Å². The molecule has 1 aliphatic rings. The summed E-state index contributed by atoms with van der Waals surface area (Å²) in [5.74, 6) is -0.522. The fraction of sp³-hybridized carbons (Fsp3) is 0.316. The van der Waals surface area contributed by atoms with Gasteiger partial charge in [-0.25, -0.2) is 0 Å². The monoisotopic (exact) mass is 295 g/mol. The van der Waals surface area contributed by atoms with Gasteiger partial charge in [0.1, 0.15) is 12.0 Å². The van der Waals surface area contributed by atoms with Crippen molar-refractivity contribution in [2.24, 2.45) is 0 Å². The summed E-state index contributed by atoms with van der Waals surface area (Å²) in [4.78, 5) is 12.7. The zero-order chi connectivity index (χ0) is 15.4. The van der Waals surface area contributed by atoms with Gasteiger partial charge in [-0.1, -0.05) is 60.2 Å². The molecule has 22 heavy (non-hydrogen) atoms. The van der Waals surface area contributed by atoms with Gasteiger partial charge in [-0.15, -0.1) is 0 Å². The molecule has 1 N–H and O–H groups in total. The zero-order valence-electron chi connectivity index (χ0n) is 12.8. The highest BCUT2D eigenvalue weighted by atomic mass is 16.5. The van der Waals surface area contributed by atoms with Crippen molar-refractivity contribution in [1.82, 2.24) is 5.32 Å². The fourth-order valence-corrected chi connectivity index (χ4v) is 2.83. The predicted octanol–water partition coefficient (Wildman–Crippen LogP) is 3.03. The van der Waals surface area contributed by atoms with Crippen LogP contribution in [-0.2, 0) is 9.53 Å². The van der Waals surface area contributed by atoms with Gasteiger partial charge in [0.15, 0.2) is 0 Å². The van der Waals surface area contributed by atoms with Gasteiger partial charge in [0, 0.05) is 6.54 Å². The van der Waals surface area contributed by atoms with E-state index in [-0.39, 0.29) is 18.0 Å². The summed E-state index contributed by atoms with van der Waals surface area (Å²) in [6.07, 6.45) is 0.880. The molecule has 0 bridgehead atoms. The molecular weight excluding hydrogens is 274 g/mol. The molecular formula is C19H21NO2. The van der Waals surface area contributed by atoms with Crippen LogP contribution in [-0.4, -0.2) is 25.2 Å². The quantitative estimate of drug-likeness (QED) is 0.881. The van der Waals surface area contributed by atoms with Crippen LogP contribution in [0.15, 0.2) is 54.6 Å². The van der Waals surface area contributed by atoms with Crippen molar-refractivity contribution in [3.05, 3.63) is 71.3 Å². The molecule has 114 valence electrons. The Hall–Kier alpha value is -2.13. The molecule has 1 saturated heterocycles. The van der Waals surface area contributed by atoms with Crippen molar-refractivity contribution in [1.29, 1.82) is 0 Å². The lowest BCUT2D eigenvalue weighted by atomic mass is 9.91. The van der Waals surface area contributed by atoms with Crippen molar-refractivity contribution in [2.75, 3.05) is 13.1 Å². The molecule has 0 saturated carbocycles. The first-order chi connectivity index (χ1) is 10.7. The minimum atomic E-state index is -0.359. The van der Waals surface area contributed by atoms with Gasteiger partial charge in [0.25, 0.3) is 0 Å². The van der Waals surface area contributed by atoms with Gasteiger partial charge in [0.05, 0.1) is 0 Å². The third-order valence-corrected chi connectivity index (χ3v) is 4.08. The number of ether oxygens (including phenoxy) is 1. The van der Waals surface area contributed by atoms with E-state index in [0.29, 0.717) is 0 Å². The van der Waals surface area contributed by atoms with Crippen molar-refractivity contribution in [2.45, 2.75) is 25.4 Å². The summed E-state index contributed by atoms with van der Waals surface area (Å²) in [5, 5.41) is 3.23. The number of hydrogen-bond acceptors (Lipinski definition) is 3. The molecule has 2 aromatic rings. The average Bonchev–Trinajstić information content (AvgIpc) is 3.03. The highest BCUT2D eigenvalue weighted by Crippen LogP contribution is 2.27. The van der Waals surface area contributed by atoms with E-state index in [0.717, 1.165) is 30.6 Å². The van der Waals surface area contributed by atoms with E-state index in [1.165, 1.54) is 5.56 Å². The predicted molar refractivity (Wildman–Crippen MR) is 86.8 cm³/mol. The van der Waals surface area contributed by atoms with Crippen LogP contribution in [0.3, 0.4) is 0 Å². The van der Waals surface area contributed by atoms with Crippen LogP contribution in [0.5, 0.6) is 0 Å². The molecule has 2 aromatic carbocycles. The second kappa shape index (κ2) is 6.75. The van der Waals surface area contributed by atoms with E-state index in [2.05, 4.69) is 5.32 Å². The third-order valence-electron chi connectivity index (χ3n) is 4.08. The van der Waals surface area contributed by atoms with Gasteiger partial charge >= 0.3 is 5.97 Å². The SMILES string of the molecule is Cc1ccc(C(C(=O)OC2CCNC2)c2ccccc2)cc1. The number of benzene rings is 2. The van der Waals surface area contributed by atoms with E-state index in [4.69, 9.17) is 4.74 Å². The minimum absolute atomic E-state index is 0.0100. The number of esters is 1. The molecule has 2 unspecified atom stereocenters. The number of carbonyl (C=O) groups is 1. The Bertz CT molecular complexity index is 616. The van der Waals surface area contributed by atoms with Gasteiger partial charge in [-0.2, -0.15) is 0 Å². The van der Waals surface area contributed by atoms with Crippen molar-refractivity contribution < 1.29 is 9.53 Å². The molecule has 3 heteroatoms. The number of nitrogens with one attached hydrogen (secondary N) is 1. The van der Waals surface area contributed by atoms with E-state index >= 15 is 0 Å². The first-order valence-corrected chi connectivity index (χ1v) is 7.77. The van der Waals surface area contributed by atoms with Crippen LogP contribution >= 0.6 is 0 Å². The smallest absolute Gasteiger partial charge is 0.318 e. The Kier molecular flexibility index (Phi) is 4.54. The number of rotatable bonds is 4. The second-order valence-electron chi connectivity index (χ2n) is 5.81. The van der Waals surface area contributed by atoms with Crippen LogP contribution in [0.1, 0.15) is 29.0 Å². The van der Waals surface area contributed by atoms with Crippen LogP contribution in [0.25, 0.3) is 0 Å². The summed E-state index contributed by atoms with van der Waals surface area (Å²) < 4.78 is 5.71. The second-order valence-corrected chi connectivity index (χ2v) is 5.81. The Labute approximate surface area is 131 Å². The van der Waals surface area contributed by atoms with E-state index in [1.54, 1.807) is 0 Å². The molecule has 2 atom stereocenters. The summed E-state index contributed by atoms with van der Waals surface area (Å²) in [5.41, 5.74) is 3.14. The highest BCUT2D eigenvalue weighted by Gasteiger charge is 2.28. The molecule has 0 spiro atoms. The summed E-state index contributed by atoms with van der Waals surface area (Å²) in [6.45, 7) is 3.71. The maximum atomic E-state index is 12.7. The Balaban J connectivity index is 1.88. The molecule has 1 fully saturated rings. The van der Waals surface area contributed by atoms with Gasteiger partial charge < -0.3 is 10.1 Å². The largest absolute Gasteiger partial charge is 0.460 e. The Morgan fingerprint density at radius 2 is 1.77 bits per heavy atom. The fourth-order valence-electron chi connectivity index (χ4n) is 2.83. The normalized spacial score (nSPS) is 18.9. The number of aryl methyl sites for hydroxylation is 1. The molecule has 0 aromatic heterocycles. The maximum absolute atomic E-state index is 12.7. The van der Waals surface area contributed by atoms with E-state index in [9.17, 15) is 4.79 Å². The van der Waals surface area contributed by atoms with Crippen molar-refractivity contribution >= 4 is 5.97 Å². The zero-order valence-corrected chi connectivity index (χ0v) is 12.8. The van der Waals surface area contributed by atoms with Crippen LogP contribution < -0.4 is 5.32 Å². The van der Waals surface area contributed by atoms with E-state index < -0.39 is 0 Å². The Morgan fingerprint density at radius 1 is 1.09 bits per heavy atom. The summed E-state index contributed by atoms with van der Waals surface area (Å²) in [7, 11) is 0. The maximum Gasteiger partial charge on any atom is 0.318 e. The lowest BCUT2D eigenvalue weighted by molar-refractivity contribution is -0.148. The lowest BCUT2D eigenvalue weighted by Gasteiger charge is -2.20. The number of hydrogen-bond donors (Lipinski definition) is 1. The molecule has 0 aliphatic carbocycles. The molecule has 3 nitrogen and oxygen atoms in total. The topological polar surface area (TPSA) is 38.3 Å². The molecule has 0 amide bonds. The molecule has 0 radical (unpaired) electrons. The standard InChI is InChI=1S/C19H21NO2/c1-14-7-9-16(10-8-14)18(15-5-3-2-4-6-15)19(21)22-17-11-12-20-13-17/h2-10,17-18,20H,11-13H2,1H3.